The Bertz CT molecular complexity index is 1320. The van der Waals surface area contributed by atoms with Crippen LogP contribution in [0.1, 0.15) is 76.7 Å². The number of anilines is 2. The van der Waals surface area contributed by atoms with E-state index in [0.717, 1.165) is 54.9 Å². The molecule has 0 spiro atoms. The van der Waals surface area contributed by atoms with E-state index in [1.807, 2.05) is 0 Å². The van der Waals surface area contributed by atoms with Crippen LogP contribution in [0.15, 0.2) is 46.4 Å². The van der Waals surface area contributed by atoms with Crippen molar-refractivity contribution in [3.05, 3.63) is 52.1 Å². The van der Waals surface area contributed by atoms with Gasteiger partial charge in [-0.05, 0) is 95.7 Å². The van der Waals surface area contributed by atoms with Gasteiger partial charge >= 0.3 is 5.97 Å². The number of nitrogens with zero attached hydrogens (tertiary/aromatic N) is 3. The van der Waals surface area contributed by atoms with Crippen LogP contribution in [0.3, 0.4) is 0 Å². The van der Waals surface area contributed by atoms with Crippen LogP contribution < -0.4 is 15.5 Å². The summed E-state index contributed by atoms with van der Waals surface area (Å²) in [5, 5.41) is 0. The maximum atomic E-state index is 12.7. The first kappa shape index (κ1) is 28.9. The molecular weight excluding hydrogens is 568 g/mol. The maximum Gasteiger partial charge on any atom is 0.355 e. The van der Waals surface area contributed by atoms with Gasteiger partial charge in [-0.25, -0.2) is 9.78 Å². The highest BCUT2D eigenvalue weighted by Gasteiger charge is 2.53. The maximum absolute atomic E-state index is 12.7. The van der Waals surface area contributed by atoms with Crippen molar-refractivity contribution in [1.82, 2.24) is 15.0 Å². The zero-order chi connectivity index (χ0) is 28.7. The molecule has 2 aromatic rings. The molecule has 216 valence electrons. The summed E-state index contributed by atoms with van der Waals surface area (Å²) in [6.07, 6.45) is 14.8. The second kappa shape index (κ2) is 11.3. The molecule has 0 bridgehead atoms. The Hall–Kier alpha value is -2.65. The highest BCUT2D eigenvalue weighted by molar-refractivity contribution is 9.10. The summed E-state index contributed by atoms with van der Waals surface area (Å²) >= 11 is 3.40. The predicted octanol–water partition coefficient (Wildman–Crippen LogP) is 5.44. The van der Waals surface area contributed by atoms with Crippen molar-refractivity contribution in [1.29, 1.82) is 0 Å². The molecule has 5 rings (SSSR count). The van der Waals surface area contributed by atoms with E-state index in [-0.39, 0.29) is 16.8 Å². The van der Waals surface area contributed by atoms with Gasteiger partial charge in [-0.2, -0.15) is 4.98 Å². The molecule has 0 aromatic carbocycles. The summed E-state index contributed by atoms with van der Waals surface area (Å²) in [7, 11) is 2.12. The number of esters is 1. The third-order valence-corrected chi connectivity index (χ3v) is 10.8. The molecule has 1 unspecified atom stereocenters. The van der Waals surface area contributed by atoms with Gasteiger partial charge in [-0.15, -0.1) is 0 Å². The number of halogens is 1. The minimum atomic E-state index is -0.299. The Morgan fingerprint density at radius 3 is 2.90 bits per heavy atom. The van der Waals surface area contributed by atoms with Crippen molar-refractivity contribution in [3.63, 3.8) is 0 Å². The molecule has 9 heteroatoms. The lowest BCUT2D eigenvalue weighted by molar-refractivity contribution is -0.805. The number of nitrogens with one attached hydrogen (secondary N) is 2. The Kier molecular flexibility index (Phi) is 8.17. The first-order valence-electron chi connectivity index (χ1n) is 14.6. The second-order valence-corrected chi connectivity index (χ2v) is 13.6. The van der Waals surface area contributed by atoms with Gasteiger partial charge < -0.3 is 20.4 Å². The SMILES string of the molecule is CC(=CCN1C[NH+](C)c2ncnc(N)c21)CC[C@]1(C)[C@@H](C)CC[C@@]2(C)C(COC(=O)c3cc(Br)c[nH]3)=CCC[C@@H]12. The van der Waals surface area contributed by atoms with Gasteiger partial charge in [0.25, 0.3) is 5.82 Å². The van der Waals surface area contributed by atoms with Crippen molar-refractivity contribution in [2.24, 2.45) is 22.7 Å². The van der Waals surface area contributed by atoms with E-state index in [2.05, 4.69) is 82.7 Å². The van der Waals surface area contributed by atoms with Crippen LogP contribution in [0, 0.1) is 22.7 Å². The monoisotopic (exact) mass is 611 g/mol. The van der Waals surface area contributed by atoms with E-state index < -0.39 is 0 Å². The van der Waals surface area contributed by atoms with Gasteiger partial charge in [0, 0.05) is 17.2 Å². The molecule has 5 atom stereocenters. The molecule has 3 aliphatic rings. The van der Waals surface area contributed by atoms with Gasteiger partial charge in [0.1, 0.15) is 18.6 Å². The summed E-state index contributed by atoms with van der Waals surface area (Å²) in [5.41, 5.74) is 10.7. The van der Waals surface area contributed by atoms with Crippen molar-refractivity contribution in [2.75, 3.05) is 37.5 Å². The van der Waals surface area contributed by atoms with Gasteiger partial charge in [0.2, 0.25) is 0 Å². The highest BCUT2D eigenvalue weighted by Crippen LogP contribution is 2.62. The number of fused-ring (bicyclic) bond motifs is 2. The summed E-state index contributed by atoms with van der Waals surface area (Å²) in [6.45, 7) is 11.7. The molecule has 8 nitrogen and oxygen atoms in total. The molecule has 3 heterocycles. The van der Waals surface area contributed by atoms with Gasteiger partial charge in [0.15, 0.2) is 18.2 Å². The van der Waals surface area contributed by atoms with Crippen molar-refractivity contribution < 1.29 is 14.4 Å². The smallest absolute Gasteiger partial charge is 0.355 e. The normalized spacial score (nSPS) is 30.1. The average molecular weight is 613 g/mol. The van der Waals surface area contributed by atoms with Crippen LogP contribution in [0.5, 0.6) is 0 Å². The molecule has 1 fully saturated rings. The number of H-pyrrole nitrogens is 1. The van der Waals surface area contributed by atoms with Crippen molar-refractivity contribution in [3.8, 4) is 0 Å². The van der Waals surface area contributed by atoms with Crippen molar-refractivity contribution in [2.45, 2.75) is 66.2 Å². The molecule has 40 heavy (non-hydrogen) atoms. The fourth-order valence-electron chi connectivity index (χ4n) is 7.58. The summed E-state index contributed by atoms with van der Waals surface area (Å²) in [5.74, 6) is 2.45. The van der Waals surface area contributed by atoms with Crippen LogP contribution in [0.25, 0.3) is 0 Å². The molecule has 2 aromatic heterocycles. The first-order chi connectivity index (χ1) is 19.0. The number of nitrogens with two attached hydrogens (primary N) is 1. The molecule has 1 aliphatic heterocycles. The van der Waals surface area contributed by atoms with Crippen LogP contribution in [-0.2, 0) is 4.74 Å². The fraction of sp³-hybridized carbons (Fsp3) is 0.581. The van der Waals surface area contributed by atoms with Gasteiger partial charge in [-0.1, -0.05) is 38.5 Å². The number of allylic oxidation sites excluding steroid dienone is 2. The second-order valence-electron chi connectivity index (χ2n) is 12.7. The van der Waals surface area contributed by atoms with Crippen LogP contribution in [-0.4, -0.2) is 47.8 Å². The number of hydrogen-bond donors (Lipinski definition) is 3. The standard InChI is InChI=1S/C31H43BrN6O2/c1-20(11-14-38-19-37(5)28-26(38)27(33)35-18-36-28)9-12-30(3)21(2)10-13-31(4)22(7-6-8-25(30)31)17-40-29(39)24-15-23(32)16-34-24/h7,11,15-16,18,21,25,34H,6,8-10,12-14,17,19H2,1-5H3,(H2,33,35,36)/p+1/t21-,25-,30+,31-/m0/s1. The van der Waals surface area contributed by atoms with E-state index >= 15 is 0 Å². The molecule has 0 radical (unpaired) electrons. The quantitative estimate of drug-likeness (QED) is 0.271. The minimum Gasteiger partial charge on any atom is -0.456 e. The first-order valence-corrected chi connectivity index (χ1v) is 15.4. The van der Waals surface area contributed by atoms with Crippen LogP contribution >= 0.6 is 15.9 Å². The van der Waals surface area contributed by atoms with E-state index in [1.165, 1.54) is 28.9 Å². The van der Waals surface area contributed by atoms with Crippen molar-refractivity contribution >= 4 is 39.2 Å². The number of aromatic amines is 1. The Labute approximate surface area is 246 Å². The summed E-state index contributed by atoms with van der Waals surface area (Å²) in [6, 6.07) is 1.77. The third-order valence-electron chi connectivity index (χ3n) is 10.3. The number of nitrogen functional groups attached to an aromatic ring is 1. The van der Waals surface area contributed by atoms with Gasteiger partial charge in [0.05, 0.1) is 7.05 Å². The number of quaternary nitrogens is 1. The lowest BCUT2D eigenvalue weighted by atomic mass is 9.47. The third kappa shape index (κ3) is 5.34. The number of aromatic nitrogens is 3. The molecule has 1 saturated carbocycles. The number of carbonyl (C=O) groups is 1. The minimum absolute atomic E-state index is 0.0534. The summed E-state index contributed by atoms with van der Waals surface area (Å²) in [4.78, 5) is 27.8. The lowest BCUT2D eigenvalue weighted by Crippen LogP contribution is -3.03. The number of rotatable bonds is 8. The number of carbonyl (C=O) groups excluding carboxylic acids is 1. The Morgan fingerprint density at radius 2 is 2.15 bits per heavy atom. The lowest BCUT2D eigenvalue weighted by Gasteiger charge is -2.58. The molecule has 2 aliphatic carbocycles. The molecule has 4 N–H and O–H groups in total. The van der Waals surface area contributed by atoms with E-state index in [0.29, 0.717) is 30.0 Å². The fourth-order valence-corrected chi connectivity index (χ4v) is 7.92. The Morgan fingerprint density at radius 1 is 1.35 bits per heavy atom. The van der Waals surface area contributed by atoms with E-state index in [9.17, 15) is 4.79 Å². The zero-order valence-electron chi connectivity index (χ0n) is 24.5. The van der Waals surface area contributed by atoms with Crippen LogP contribution in [0.4, 0.5) is 17.3 Å². The van der Waals surface area contributed by atoms with E-state index in [4.69, 9.17) is 10.5 Å². The summed E-state index contributed by atoms with van der Waals surface area (Å²) < 4.78 is 6.67. The van der Waals surface area contributed by atoms with Crippen LogP contribution in [0.2, 0.25) is 0 Å². The molecular formula is C31H44BrN6O2+. The largest absolute Gasteiger partial charge is 0.456 e. The number of hydrogen-bond acceptors (Lipinski definition) is 6. The predicted molar refractivity (Wildman–Crippen MR) is 162 cm³/mol. The van der Waals surface area contributed by atoms with Gasteiger partial charge in [-0.3, -0.25) is 4.90 Å². The molecule has 0 saturated heterocycles. The highest BCUT2D eigenvalue weighted by atomic mass is 79.9. The topological polar surface area (TPSA) is 102 Å². The Balaban J connectivity index is 1.24. The van der Waals surface area contributed by atoms with E-state index in [1.54, 1.807) is 18.6 Å². The molecule has 0 amide bonds. The zero-order valence-corrected chi connectivity index (χ0v) is 26.1. The average Bonchev–Trinajstić information content (AvgIpc) is 3.51. The number of ether oxygens (including phenoxy) is 1.